The number of aliphatic hydroxyl groups excluding tert-OH is 1. The molecule has 0 aliphatic rings. The van der Waals surface area contributed by atoms with Gasteiger partial charge < -0.3 is 15.3 Å². The van der Waals surface area contributed by atoms with E-state index in [2.05, 4.69) is 10.3 Å². The summed E-state index contributed by atoms with van der Waals surface area (Å²) in [6, 6.07) is 7.48. The minimum atomic E-state index is -0.232. The third kappa shape index (κ3) is 2.97. The molecule has 0 aliphatic heterocycles. The van der Waals surface area contributed by atoms with Crippen molar-refractivity contribution in [2.75, 3.05) is 25.5 Å². The number of carbonyl (C=O) groups is 1. The van der Waals surface area contributed by atoms with E-state index in [0.717, 1.165) is 23.1 Å². The first-order valence-electron chi connectivity index (χ1n) is 7.09. The molecule has 5 heteroatoms. The number of hydrogen-bond acceptors (Lipinski definition) is 4. The molecule has 0 aliphatic carbocycles. The third-order valence-corrected chi connectivity index (χ3v) is 3.62. The van der Waals surface area contributed by atoms with Gasteiger partial charge in [0, 0.05) is 25.2 Å². The fourth-order valence-electron chi connectivity index (χ4n) is 2.18. The van der Waals surface area contributed by atoms with Crippen molar-refractivity contribution in [3.8, 4) is 0 Å². The number of aliphatic hydroxyl groups is 1. The third-order valence-electron chi connectivity index (χ3n) is 3.62. The van der Waals surface area contributed by atoms with Gasteiger partial charge in [-0.15, -0.1) is 0 Å². The Bertz CT molecular complexity index is 642. The number of pyridine rings is 1. The van der Waals surface area contributed by atoms with Crippen LogP contribution in [0.15, 0.2) is 30.5 Å². The molecule has 112 valence electrons. The number of benzene rings is 1. The van der Waals surface area contributed by atoms with Crippen molar-refractivity contribution in [3.63, 3.8) is 0 Å². The lowest BCUT2D eigenvalue weighted by atomic mass is 10.1. The number of carbonyl (C=O) groups excluding carboxylic acids is 1. The van der Waals surface area contributed by atoms with Gasteiger partial charge >= 0.3 is 0 Å². The van der Waals surface area contributed by atoms with Gasteiger partial charge in [-0.3, -0.25) is 4.79 Å². The normalized spacial score (nSPS) is 12.2. The minimum Gasteiger partial charge on any atom is -0.394 e. The molecule has 1 atom stereocenters. The van der Waals surface area contributed by atoms with Gasteiger partial charge in [0.2, 0.25) is 0 Å². The first-order chi connectivity index (χ1) is 10.1. The number of nitrogens with zero attached hydrogens (tertiary/aromatic N) is 2. The molecule has 1 aromatic heterocycles. The van der Waals surface area contributed by atoms with Crippen LogP contribution in [0.25, 0.3) is 10.8 Å². The van der Waals surface area contributed by atoms with Crippen molar-refractivity contribution in [1.82, 2.24) is 9.88 Å². The molecule has 0 saturated heterocycles. The number of likely N-dealkylation sites (N-methyl/N-ethyl adjacent to an activating group) is 1. The van der Waals surface area contributed by atoms with Crippen molar-refractivity contribution < 1.29 is 9.90 Å². The number of amides is 1. The smallest absolute Gasteiger partial charge is 0.256 e. The average molecular weight is 287 g/mol. The Morgan fingerprint density at radius 1 is 1.38 bits per heavy atom. The summed E-state index contributed by atoms with van der Waals surface area (Å²) in [4.78, 5) is 18.5. The quantitative estimate of drug-likeness (QED) is 0.884. The van der Waals surface area contributed by atoms with Gasteiger partial charge in [-0.05, 0) is 19.2 Å². The number of anilines is 1. The lowest BCUT2D eigenvalue weighted by Crippen LogP contribution is -2.37. The monoisotopic (exact) mass is 287 g/mol. The Balaban J connectivity index is 2.50. The minimum absolute atomic E-state index is 0.0664. The summed E-state index contributed by atoms with van der Waals surface area (Å²) in [5.74, 6) is 0.644. The maximum atomic E-state index is 12.6. The van der Waals surface area contributed by atoms with E-state index < -0.39 is 0 Å². The fourth-order valence-corrected chi connectivity index (χ4v) is 2.18. The van der Waals surface area contributed by atoms with Crippen LogP contribution in [0.1, 0.15) is 24.2 Å². The van der Waals surface area contributed by atoms with E-state index in [0.29, 0.717) is 5.56 Å². The molecule has 2 N–H and O–H groups in total. The number of fused-ring (bicyclic) bond motifs is 1. The molecular weight excluding hydrogens is 266 g/mol. The van der Waals surface area contributed by atoms with E-state index in [-0.39, 0.29) is 18.6 Å². The summed E-state index contributed by atoms with van der Waals surface area (Å²) in [5, 5.41) is 14.2. The molecule has 21 heavy (non-hydrogen) atoms. The highest BCUT2D eigenvalue weighted by molar-refractivity contribution is 6.09. The van der Waals surface area contributed by atoms with Gasteiger partial charge in [0.05, 0.1) is 18.2 Å². The van der Waals surface area contributed by atoms with Gasteiger partial charge in [-0.25, -0.2) is 4.98 Å². The zero-order valence-electron chi connectivity index (χ0n) is 12.6. The summed E-state index contributed by atoms with van der Waals surface area (Å²) in [5.41, 5.74) is 0.551. The number of aromatic nitrogens is 1. The molecule has 1 unspecified atom stereocenters. The largest absolute Gasteiger partial charge is 0.394 e. The fraction of sp³-hybridized carbons (Fsp3) is 0.375. The maximum absolute atomic E-state index is 12.6. The standard InChI is InChI=1S/C16H21N3O2/c1-4-17-15-13-8-6-5-7-12(13)14(9-18-15)16(21)19(3)11(2)10-20/h5-9,11,20H,4,10H2,1-3H3,(H,17,18). The van der Waals surface area contributed by atoms with Gasteiger partial charge in [0.15, 0.2) is 0 Å². The average Bonchev–Trinajstić information content (AvgIpc) is 2.53. The summed E-state index contributed by atoms with van der Waals surface area (Å²) in [6.45, 7) is 4.52. The second-order valence-electron chi connectivity index (χ2n) is 5.04. The van der Waals surface area contributed by atoms with E-state index in [1.807, 2.05) is 31.2 Å². The van der Waals surface area contributed by atoms with Crippen LogP contribution in [0, 0.1) is 0 Å². The van der Waals surface area contributed by atoms with E-state index in [9.17, 15) is 9.90 Å². The van der Waals surface area contributed by atoms with Crippen LogP contribution in [0.2, 0.25) is 0 Å². The molecule has 2 rings (SSSR count). The molecule has 0 radical (unpaired) electrons. The SMILES string of the molecule is CCNc1ncc(C(=O)N(C)C(C)CO)c2ccccc12. The Labute approximate surface area is 124 Å². The summed E-state index contributed by atoms with van der Waals surface area (Å²) in [6.07, 6.45) is 1.60. The Kier molecular flexibility index (Phi) is 4.75. The van der Waals surface area contributed by atoms with E-state index in [1.54, 1.807) is 20.2 Å². The predicted octanol–water partition coefficient (Wildman–Crippen LogP) is 2.12. The molecular formula is C16H21N3O2. The topological polar surface area (TPSA) is 65.5 Å². The molecule has 0 bridgehead atoms. The number of rotatable bonds is 5. The first-order valence-corrected chi connectivity index (χ1v) is 7.09. The molecule has 0 spiro atoms. The van der Waals surface area contributed by atoms with Crippen molar-refractivity contribution in [2.24, 2.45) is 0 Å². The zero-order chi connectivity index (χ0) is 15.4. The Morgan fingerprint density at radius 3 is 2.67 bits per heavy atom. The lowest BCUT2D eigenvalue weighted by molar-refractivity contribution is 0.0684. The zero-order valence-corrected chi connectivity index (χ0v) is 12.6. The molecule has 1 aromatic carbocycles. The first kappa shape index (κ1) is 15.3. The van der Waals surface area contributed by atoms with Crippen LogP contribution in [-0.2, 0) is 0 Å². The molecule has 1 heterocycles. The Hall–Kier alpha value is -2.14. The molecule has 0 fully saturated rings. The van der Waals surface area contributed by atoms with Crippen LogP contribution in [0.5, 0.6) is 0 Å². The molecule has 2 aromatic rings. The predicted molar refractivity (Wildman–Crippen MR) is 84.5 cm³/mol. The van der Waals surface area contributed by atoms with Gasteiger partial charge in [0.25, 0.3) is 5.91 Å². The highest BCUT2D eigenvalue weighted by Crippen LogP contribution is 2.25. The van der Waals surface area contributed by atoms with Crippen LogP contribution in [0.3, 0.4) is 0 Å². The van der Waals surface area contributed by atoms with Crippen molar-refractivity contribution >= 4 is 22.5 Å². The second kappa shape index (κ2) is 6.54. The van der Waals surface area contributed by atoms with E-state index in [4.69, 9.17) is 0 Å². The lowest BCUT2D eigenvalue weighted by Gasteiger charge is -2.24. The summed E-state index contributed by atoms with van der Waals surface area (Å²) in [7, 11) is 1.69. The highest BCUT2D eigenvalue weighted by Gasteiger charge is 2.20. The number of nitrogens with one attached hydrogen (secondary N) is 1. The van der Waals surface area contributed by atoms with Gasteiger partial charge in [0.1, 0.15) is 5.82 Å². The number of hydrogen-bond donors (Lipinski definition) is 2. The highest BCUT2D eigenvalue weighted by atomic mass is 16.3. The van der Waals surface area contributed by atoms with Gasteiger partial charge in [-0.1, -0.05) is 24.3 Å². The molecule has 1 amide bonds. The van der Waals surface area contributed by atoms with Crippen molar-refractivity contribution in [1.29, 1.82) is 0 Å². The second-order valence-corrected chi connectivity index (χ2v) is 5.04. The van der Waals surface area contributed by atoms with Crippen LogP contribution >= 0.6 is 0 Å². The van der Waals surface area contributed by atoms with E-state index >= 15 is 0 Å². The van der Waals surface area contributed by atoms with Crippen LogP contribution < -0.4 is 5.32 Å². The van der Waals surface area contributed by atoms with Crippen molar-refractivity contribution in [3.05, 3.63) is 36.0 Å². The summed E-state index contributed by atoms with van der Waals surface area (Å²) < 4.78 is 0. The Morgan fingerprint density at radius 2 is 2.05 bits per heavy atom. The summed E-state index contributed by atoms with van der Waals surface area (Å²) >= 11 is 0. The molecule has 0 saturated carbocycles. The van der Waals surface area contributed by atoms with E-state index in [1.165, 1.54) is 4.90 Å². The van der Waals surface area contributed by atoms with Crippen molar-refractivity contribution in [2.45, 2.75) is 19.9 Å². The van der Waals surface area contributed by atoms with Gasteiger partial charge in [-0.2, -0.15) is 0 Å². The van der Waals surface area contributed by atoms with Crippen LogP contribution in [0.4, 0.5) is 5.82 Å². The maximum Gasteiger partial charge on any atom is 0.256 e. The van der Waals surface area contributed by atoms with Crippen LogP contribution in [-0.4, -0.2) is 47.1 Å². The molecule has 5 nitrogen and oxygen atoms in total.